The number of aliphatic hydroxyl groups is 1. The number of piperidine rings is 1. The maximum atomic E-state index is 14.1. The number of benzene rings is 1. The van der Waals surface area contributed by atoms with Crippen molar-refractivity contribution in [3.05, 3.63) is 29.3 Å². The first-order chi connectivity index (χ1) is 11.3. The van der Waals surface area contributed by atoms with Crippen LogP contribution in [-0.2, 0) is 4.74 Å². The zero-order valence-electron chi connectivity index (χ0n) is 14.1. The Hall–Kier alpha value is -1.73. The molecule has 0 radical (unpaired) electrons. The maximum absolute atomic E-state index is 14.1. The van der Waals surface area contributed by atoms with E-state index in [0.29, 0.717) is 19.4 Å². The van der Waals surface area contributed by atoms with Crippen LogP contribution in [0.4, 0.5) is 8.78 Å². The lowest BCUT2D eigenvalue weighted by molar-refractivity contribution is -0.0750. The van der Waals surface area contributed by atoms with Gasteiger partial charge in [0.25, 0.3) is 5.91 Å². The molecule has 1 saturated heterocycles. The van der Waals surface area contributed by atoms with Crippen LogP contribution in [0.5, 0.6) is 5.75 Å². The minimum absolute atomic E-state index is 0.198. The van der Waals surface area contributed by atoms with Crippen molar-refractivity contribution in [3.63, 3.8) is 0 Å². The molecule has 24 heavy (non-hydrogen) atoms. The van der Waals surface area contributed by atoms with Crippen LogP contribution < -0.4 is 4.74 Å². The highest BCUT2D eigenvalue weighted by Crippen LogP contribution is 2.32. The SMILES string of the molecule is COCC[C@]1(O)CCN(C(=O)c2ccc(OC)c(F)c2F)C[C@H]1C. The van der Waals surface area contributed by atoms with Crippen molar-refractivity contribution >= 4 is 5.91 Å². The number of carbonyl (C=O) groups is 1. The first-order valence-electron chi connectivity index (χ1n) is 7.86. The molecule has 2 rings (SSSR count). The molecule has 2 atom stereocenters. The third kappa shape index (κ3) is 3.52. The van der Waals surface area contributed by atoms with Gasteiger partial charge in [-0.15, -0.1) is 0 Å². The van der Waals surface area contributed by atoms with Gasteiger partial charge in [-0.2, -0.15) is 4.39 Å². The average Bonchev–Trinajstić information content (AvgIpc) is 2.57. The molecule has 1 aliphatic rings. The number of hydrogen-bond acceptors (Lipinski definition) is 4. The molecule has 0 aromatic heterocycles. The topological polar surface area (TPSA) is 59.0 Å². The molecule has 1 aliphatic heterocycles. The van der Waals surface area contributed by atoms with Gasteiger partial charge in [-0.05, 0) is 25.0 Å². The van der Waals surface area contributed by atoms with Crippen LogP contribution >= 0.6 is 0 Å². The van der Waals surface area contributed by atoms with Gasteiger partial charge in [0.2, 0.25) is 5.82 Å². The lowest BCUT2D eigenvalue weighted by Crippen LogP contribution is -2.53. The molecule has 134 valence electrons. The molecule has 1 amide bonds. The Morgan fingerprint density at radius 3 is 2.67 bits per heavy atom. The molecule has 1 N–H and O–H groups in total. The minimum Gasteiger partial charge on any atom is -0.494 e. The predicted molar refractivity (Wildman–Crippen MR) is 84.0 cm³/mol. The van der Waals surface area contributed by atoms with Crippen LogP contribution in [0, 0.1) is 17.6 Å². The van der Waals surface area contributed by atoms with Crippen LogP contribution in [0.3, 0.4) is 0 Å². The number of amides is 1. The zero-order valence-corrected chi connectivity index (χ0v) is 14.1. The number of methoxy groups -OCH3 is 2. The van der Waals surface area contributed by atoms with E-state index >= 15 is 0 Å². The molecule has 0 saturated carbocycles. The van der Waals surface area contributed by atoms with E-state index in [0.717, 1.165) is 0 Å². The van der Waals surface area contributed by atoms with Gasteiger partial charge in [0.05, 0.1) is 18.3 Å². The quantitative estimate of drug-likeness (QED) is 0.891. The highest BCUT2D eigenvalue weighted by molar-refractivity contribution is 5.94. The van der Waals surface area contributed by atoms with Gasteiger partial charge in [-0.3, -0.25) is 4.79 Å². The third-order valence-corrected chi connectivity index (χ3v) is 4.75. The van der Waals surface area contributed by atoms with E-state index < -0.39 is 23.1 Å². The number of rotatable bonds is 5. The molecule has 7 heteroatoms. The molecule has 1 fully saturated rings. The number of nitrogens with zero attached hydrogens (tertiary/aromatic N) is 1. The van der Waals surface area contributed by atoms with E-state index in [2.05, 4.69) is 0 Å². The predicted octanol–water partition coefficient (Wildman–Crippen LogP) is 2.22. The molecule has 0 bridgehead atoms. The molecule has 1 aromatic rings. The van der Waals surface area contributed by atoms with Crippen LogP contribution in [0.2, 0.25) is 0 Å². The first-order valence-corrected chi connectivity index (χ1v) is 7.86. The number of ether oxygens (including phenoxy) is 2. The second-order valence-corrected chi connectivity index (χ2v) is 6.19. The van der Waals surface area contributed by atoms with Gasteiger partial charge >= 0.3 is 0 Å². The minimum atomic E-state index is -1.22. The molecule has 1 aromatic carbocycles. The van der Waals surface area contributed by atoms with E-state index in [1.807, 2.05) is 6.92 Å². The monoisotopic (exact) mass is 343 g/mol. The highest BCUT2D eigenvalue weighted by Gasteiger charge is 2.40. The summed E-state index contributed by atoms with van der Waals surface area (Å²) >= 11 is 0. The summed E-state index contributed by atoms with van der Waals surface area (Å²) in [6.07, 6.45) is 0.835. The number of likely N-dealkylation sites (tertiary alicyclic amines) is 1. The fraction of sp³-hybridized carbons (Fsp3) is 0.588. The van der Waals surface area contributed by atoms with E-state index in [-0.39, 0.29) is 30.3 Å². The Bertz CT molecular complexity index is 610. The molecule has 1 heterocycles. The average molecular weight is 343 g/mol. The van der Waals surface area contributed by atoms with Crippen molar-refractivity contribution in [1.82, 2.24) is 4.90 Å². The number of carbonyl (C=O) groups excluding carboxylic acids is 1. The van der Waals surface area contributed by atoms with Gasteiger partial charge in [-0.25, -0.2) is 4.39 Å². The summed E-state index contributed by atoms with van der Waals surface area (Å²) < 4.78 is 37.6. The Kier molecular flexibility index (Phi) is 5.77. The maximum Gasteiger partial charge on any atom is 0.256 e. The third-order valence-electron chi connectivity index (χ3n) is 4.75. The smallest absolute Gasteiger partial charge is 0.256 e. The van der Waals surface area contributed by atoms with Gasteiger partial charge in [0, 0.05) is 32.7 Å². The summed E-state index contributed by atoms with van der Waals surface area (Å²) in [6.45, 7) is 2.80. The van der Waals surface area contributed by atoms with Gasteiger partial charge < -0.3 is 19.5 Å². The van der Waals surface area contributed by atoms with E-state index in [4.69, 9.17) is 9.47 Å². The van der Waals surface area contributed by atoms with Crippen LogP contribution in [0.25, 0.3) is 0 Å². The number of halogens is 2. The second-order valence-electron chi connectivity index (χ2n) is 6.19. The fourth-order valence-corrected chi connectivity index (χ4v) is 3.03. The van der Waals surface area contributed by atoms with Crippen LogP contribution in [-0.4, -0.2) is 55.4 Å². The van der Waals surface area contributed by atoms with Crippen LogP contribution in [0.15, 0.2) is 12.1 Å². The Morgan fingerprint density at radius 2 is 2.08 bits per heavy atom. The molecular weight excluding hydrogens is 320 g/mol. The zero-order chi connectivity index (χ0) is 17.9. The highest BCUT2D eigenvalue weighted by atomic mass is 19.2. The van der Waals surface area contributed by atoms with Gasteiger partial charge in [0.1, 0.15) is 0 Å². The molecule has 5 nitrogen and oxygen atoms in total. The Morgan fingerprint density at radius 1 is 1.38 bits per heavy atom. The van der Waals surface area contributed by atoms with Gasteiger partial charge in [-0.1, -0.05) is 6.92 Å². The Labute approximate surface area is 140 Å². The first kappa shape index (κ1) is 18.6. The van der Waals surface area contributed by atoms with Crippen molar-refractivity contribution in [2.75, 3.05) is 33.9 Å². The summed E-state index contributed by atoms with van der Waals surface area (Å²) in [4.78, 5) is 14.0. The van der Waals surface area contributed by atoms with Crippen molar-refractivity contribution in [2.24, 2.45) is 5.92 Å². The van der Waals surface area contributed by atoms with Crippen LogP contribution in [0.1, 0.15) is 30.1 Å². The Balaban J connectivity index is 2.14. The molecule has 0 aliphatic carbocycles. The summed E-state index contributed by atoms with van der Waals surface area (Å²) in [7, 11) is 2.79. The molecule has 0 spiro atoms. The summed E-state index contributed by atoms with van der Waals surface area (Å²) in [5.74, 6) is -3.42. The summed E-state index contributed by atoms with van der Waals surface area (Å²) in [6, 6.07) is 2.45. The van der Waals surface area contributed by atoms with Crippen molar-refractivity contribution < 1.29 is 28.2 Å². The van der Waals surface area contributed by atoms with E-state index in [1.54, 1.807) is 7.11 Å². The van der Waals surface area contributed by atoms with Gasteiger partial charge in [0.15, 0.2) is 11.6 Å². The van der Waals surface area contributed by atoms with E-state index in [9.17, 15) is 18.7 Å². The normalized spacial score (nSPS) is 24.1. The summed E-state index contributed by atoms with van der Waals surface area (Å²) in [5, 5.41) is 10.6. The van der Waals surface area contributed by atoms with Crippen molar-refractivity contribution in [2.45, 2.75) is 25.4 Å². The molecule has 0 unspecified atom stereocenters. The number of hydrogen-bond donors (Lipinski definition) is 1. The van der Waals surface area contributed by atoms with Crippen molar-refractivity contribution in [3.8, 4) is 5.75 Å². The molecular formula is C17H23F2NO4. The lowest BCUT2D eigenvalue weighted by Gasteiger charge is -2.43. The second kappa shape index (κ2) is 7.44. The fourth-order valence-electron chi connectivity index (χ4n) is 3.03. The van der Waals surface area contributed by atoms with E-state index in [1.165, 1.54) is 24.1 Å². The lowest BCUT2D eigenvalue weighted by atomic mass is 9.79. The largest absolute Gasteiger partial charge is 0.494 e. The summed E-state index contributed by atoms with van der Waals surface area (Å²) in [5.41, 5.74) is -1.25. The standard InChI is InChI=1S/C17H23F2NO4/c1-11-10-20(8-6-17(11,22)7-9-23-2)16(21)12-4-5-13(24-3)15(19)14(12)18/h4-5,11,22H,6-10H2,1-3H3/t11-,17-/m1/s1. The van der Waals surface area contributed by atoms with Crippen molar-refractivity contribution in [1.29, 1.82) is 0 Å².